The van der Waals surface area contributed by atoms with Gasteiger partial charge in [-0.15, -0.1) is 11.3 Å². The Morgan fingerprint density at radius 2 is 2.16 bits per heavy atom. The van der Waals surface area contributed by atoms with Gasteiger partial charge in [0.2, 0.25) is 0 Å². The van der Waals surface area contributed by atoms with Crippen LogP contribution in [0.15, 0.2) is 24.3 Å². The number of carbonyl (C=O) groups is 1. The first-order valence-electron chi connectivity index (χ1n) is 6.36. The highest BCUT2D eigenvalue weighted by Gasteiger charge is 2.18. The maximum Gasteiger partial charge on any atom is 0.265 e. The Kier molecular flexibility index (Phi) is 3.03. The maximum atomic E-state index is 12.2. The van der Waals surface area contributed by atoms with Crippen molar-refractivity contribution < 1.29 is 9.90 Å². The number of phenols is 1. The zero-order chi connectivity index (χ0) is 13.4. The summed E-state index contributed by atoms with van der Waals surface area (Å²) in [5.41, 5.74) is 2.80. The van der Waals surface area contributed by atoms with E-state index in [0.717, 1.165) is 23.3 Å². The molecule has 3 nitrogen and oxygen atoms in total. The number of amides is 1. The third-order valence-corrected chi connectivity index (χ3v) is 4.66. The van der Waals surface area contributed by atoms with Crippen LogP contribution in [0, 0.1) is 6.92 Å². The summed E-state index contributed by atoms with van der Waals surface area (Å²) >= 11 is 1.60. The quantitative estimate of drug-likeness (QED) is 0.823. The van der Waals surface area contributed by atoms with Crippen molar-refractivity contribution >= 4 is 22.9 Å². The highest BCUT2D eigenvalue weighted by molar-refractivity contribution is 7.14. The smallest absolute Gasteiger partial charge is 0.265 e. The fourth-order valence-corrected chi connectivity index (χ4v) is 3.52. The van der Waals surface area contributed by atoms with Crippen LogP contribution in [0.25, 0.3) is 0 Å². The minimum Gasteiger partial charge on any atom is -0.508 e. The van der Waals surface area contributed by atoms with Crippen LogP contribution in [-0.4, -0.2) is 11.0 Å². The van der Waals surface area contributed by atoms with Crippen molar-refractivity contribution in [2.24, 2.45) is 0 Å². The standard InChI is InChI=1S/C15H15NO2S/c1-9-7-11(5-6-12(9)17)16-15(18)14-8-10-3-2-4-13(10)19-14/h5-8,17H,2-4H2,1H3,(H,16,18). The van der Waals surface area contributed by atoms with Crippen LogP contribution >= 0.6 is 11.3 Å². The zero-order valence-electron chi connectivity index (χ0n) is 10.7. The van der Waals surface area contributed by atoms with Crippen molar-refractivity contribution in [2.75, 3.05) is 5.32 Å². The number of benzene rings is 1. The first kappa shape index (κ1) is 12.2. The average Bonchev–Trinajstić information content (AvgIpc) is 2.94. The molecule has 1 aliphatic rings. The molecule has 1 heterocycles. The number of hydrogen-bond acceptors (Lipinski definition) is 3. The average molecular weight is 273 g/mol. The molecule has 1 aliphatic carbocycles. The van der Waals surface area contributed by atoms with E-state index >= 15 is 0 Å². The number of carbonyl (C=O) groups excluding carboxylic acids is 1. The van der Waals surface area contributed by atoms with E-state index in [4.69, 9.17) is 0 Å². The molecule has 98 valence electrons. The molecule has 1 amide bonds. The van der Waals surface area contributed by atoms with Crippen LogP contribution in [0.2, 0.25) is 0 Å². The van der Waals surface area contributed by atoms with Gasteiger partial charge in [0.05, 0.1) is 4.88 Å². The second-order valence-electron chi connectivity index (χ2n) is 4.87. The van der Waals surface area contributed by atoms with Gasteiger partial charge in [0.1, 0.15) is 5.75 Å². The molecule has 4 heteroatoms. The number of nitrogens with one attached hydrogen (secondary N) is 1. The molecule has 0 atom stereocenters. The molecule has 1 aromatic heterocycles. The Hall–Kier alpha value is -1.81. The van der Waals surface area contributed by atoms with Gasteiger partial charge in [0.25, 0.3) is 5.91 Å². The fourth-order valence-electron chi connectivity index (χ4n) is 2.37. The van der Waals surface area contributed by atoms with E-state index in [1.54, 1.807) is 29.5 Å². The molecule has 2 N–H and O–H groups in total. The van der Waals surface area contributed by atoms with Gasteiger partial charge in [-0.05, 0) is 61.6 Å². The van der Waals surface area contributed by atoms with E-state index in [-0.39, 0.29) is 11.7 Å². The number of fused-ring (bicyclic) bond motifs is 1. The van der Waals surface area contributed by atoms with Crippen LogP contribution < -0.4 is 5.32 Å². The predicted molar refractivity (Wildman–Crippen MR) is 77.1 cm³/mol. The van der Waals surface area contributed by atoms with Gasteiger partial charge in [-0.1, -0.05) is 0 Å². The largest absolute Gasteiger partial charge is 0.508 e. The highest BCUT2D eigenvalue weighted by atomic mass is 32.1. The minimum atomic E-state index is -0.0653. The Morgan fingerprint density at radius 3 is 2.89 bits per heavy atom. The van der Waals surface area contributed by atoms with Crippen LogP contribution in [0.3, 0.4) is 0 Å². The van der Waals surface area contributed by atoms with E-state index < -0.39 is 0 Å². The molecule has 0 unspecified atom stereocenters. The number of aromatic hydroxyl groups is 1. The normalized spacial score (nSPS) is 13.3. The zero-order valence-corrected chi connectivity index (χ0v) is 11.5. The van der Waals surface area contributed by atoms with Gasteiger partial charge in [0.15, 0.2) is 0 Å². The van der Waals surface area contributed by atoms with Crippen LogP contribution in [0.4, 0.5) is 5.69 Å². The second-order valence-corrected chi connectivity index (χ2v) is 6.00. The molecular weight excluding hydrogens is 258 g/mol. The summed E-state index contributed by atoms with van der Waals surface area (Å²) in [5.74, 6) is 0.178. The lowest BCUT2D eigenvalue weighted by Gasteiger charge is -2.05. The maximum absolute atomic E-state index is 12.2. The number of rotatable bonds is 2. The second kappa shape index (κ2) is 4.70. The van der Waals surface area contributed by atoms with Crippen molar-refractivity contribution in [3.05, 3.63) is 45.1 Å². The van der Waals surface area contributed by atoms with Crippen molar-refractivity contribution in [3.8, 4) is 5.75 Å². The Labute approximate surface area is 115 Å². The molecule has 2 aromatic rings. The Balaban J connectivity index is 1.78. The van der Waals surface area contributed by atoms with Crippen molar-refractivity contribution in [1.29, 1.82) is 0 Å². The molecule has 0 fully saturated rings. The van der Waals surface area contributed by atoms with Gasteiger partial charge in [-0.25, -0.2) is 0 Å². The summed E-state index contributed by atoms with van der Waals surface area (Å²) in [6.07, 6.45) is 3.41. The van der Waals surface area contributed by atoms with Gasteiger partial charge < -0.3 is 10.4 Å². The molecule has 1 aromatic carbocycles. The molecule has 0 saturated heterocycles. The van der Waals surface area contributed by atoms with Crippen LogP contribution in [0.1, 0.15) is 32.1 Å². The Bertz CT molecular complexity index is 624. The van der Waals surface area contributed by atoms with E-state index in [9.17, 15) is 9.90 Å². The van der Waals surface area contributed by atoms with Crippen LogP contribution in [-0.2, 0) is 12.8 Å². The molecular formula is C15H15NO2S. The number of phenolic OH excluding ortho intramolecular Hbond substituents is 1. The summed E-state index contributed by atoms with van der Waals surface area (Å²) in [5, 5.41) is 12.3. The fraction of sp³-hybridized carbons (Fsp3) is 0.267. The summed E-state index contributed by atoms with van der Waals surface area (Å²) in [6.45, 7) is 1.81. The highest BCUT2D eigenvalue weighted by Crippen LogP contribution is 2.31. The lowest BCUT2D eigenvalue weighted by Crippen LogP contribution is -2.10. The third kappa shape index (κ3) is 2.36. The van der Waals surface area contributed by atoms with Gasteiger partial charge in [-0.3, -0.25) is 4.79 Å². The number of aryl methyl sites for hydroxylation is 3. The molecule has 0 spiro atoms. The van der Waals surface area contributed by atoms with E-state index in [1.165, 1.54) is 16.9 Å². The van der Waals surface area contributed by atoms with Gasteiger partial charge in [-0.2, -0.15) is 0 Å². The number of hydrogen-bond donors (Lipinski definition) is 2. The molecule has 0 aliphatic heterocycles. The molecule has 0 bridgehead atoms. The minimum absolute atomic E-state index is 0.0653. The third-order valence-electron chi connectivity index (χ3n) is 3.43. The Morgan fingerprint density at radius 1 is 1.32 bits per heavy atom. The van der Waals surface area contributed by atoms with Gasteiger partial charge in [0, 0.05) is 10.6 Å². The lowest BCUT2D eigenvalue weighted by atomic mass is 10.2. The first-order chi connectivity index (χ1) is 9.13. The monoisotopic (exact) mass is 273 g/mol. The molecule has 0 saturated carbocycles. The van der Waals surface area contributed by atoms with Crippen molar-refractivity contribution in [2.45, 2.75) is 26.2 Å². The SMILES string of the molecule is Cc1cc(NC(=O)c2cc3c(s2)CCC3)ccc1O. The number of anilines is 1. The summed E-state index contributed by atoms with van der Waals surface area (Å²) in [7, 11) is 0. The topological polar surface area (TPSA) is 49.3 Å². The van der Waals surface area contributed by atoms with E-state index in [2.05, 4.69) is 5.32 Å². The molecule has 3 rings (SSSR count). The van der Waals surface area contributed by atoms with Crippen LogP contribution in [0.5, 0.6) is 5.75 Å². The summed E-state index contributed by atoms with van der Waals surface area (Å²) in [6, 6.07) is 7.09. The summed E-state index contributed by atoms with van der Waals surface area (Å²) < 4.78 is 0. The van der Waals surface area contributed by atoms with E-state index in [1.807, 2.05) is 13.0 Å². The lowest BCUT2D eigenvalue weighted by molar-refractivity contribution is 0.103. The van der Waals surface area contributed by atoms with E-state index in [0.29, 0.717) is 5.69 Å². The summed E-state index contributed by atoms with van der Waals surface area (Å²) in [4.78, 5) is 14.3. The van der Waals surface area contributed by atoms with Crippen molar-refractivity contribution in [1.82, 2.24) is 0 Å². The predicted octanol–water partition coefficient (Wildman–Crippen LogP) is 3.50. The first-order valence-corrected chi connectivity index (χ1v) is 7.17. The van der Waals surface area contributed by atoms with Gasteiger partial charge >= 0.3 is 0 Å². The van der Waals surface area contributed by atoms with Crippen molar-refractivity contribution in [3.63, 3.8) is 0 Å². The number of thiophene rings is 1. The molecule has 0 radical (unpaired) electrons. The molecule has 19 heavy (non-hydrogen) atoms.